The van der Waals surface area contributed by atoms with Crippen molar-refractivity contribution in [3.8, 4) is 11.4 Å². The van der Waals surface area contributed by atoms with Gasteiger partial charge in [0, 0.05) is 12.1 Å². The standard InChI is InChI=1S/C22H26N6O2/c1-30-20-11-7-17(8-12-20)21(27-13-3-2-4-14-27)15-23-22(29)18-5-9-19(10-6-18)28-16-24-25-26-28/h5-12,16,21H,2-4,13-15H2,1H3,(H,23,29)/t21-/m0/s1. The van der Waals surface area contributed by atoms with E-state index < -0.39 is 0 Å². The Morgan fingerprint density at radius 2 is 1.80 bits per heavy atom. The van der Waals surface area contributed by atoms with Crippen LogP contribution in [0.3, 0.4) is 0 Å². The van der Waals surface area contributed by atoms with Crippen LogP contribution in [0, 0.1) is 0 Å². The fraction of sp³-hybridized carbons (Fsp3) is 0.364. The Morgan fingerprint density at radius 3 is 2.43 bits per heavy atom. The summed E-state index contributed by atoms with van der Waals surface area (Å²) in [5, 5.41) is 14.2. The molecule has 4 rings (SSSR count). The van der Waals surface area contributed by atoms with Gasteiger partial charge in [-0.25, -0.2) is 4.68 Å². The summed E-state index contributed by atoms with van der Waals surface area (Å²) in [7, 11) is 1.67. The Balaban J connectivity index is 1.45. The molecule has 0 radical (unpaired) electrons. The molecule has 1 atom stereocenters. The van der Waals surface area contributed by atoms with Crippen LogP contribution in [0.15, 0.2) is 54.9 Å². The number of hydrogen-bond donors (Lipinski definition) is 1. The zero-order valence-electron chi connectivity index (χ0n) is 17.1. The Kier molecular flexibility index (Phi) is 6.34. The van der Waals surface area contributed by atoms with Gasteiger partial charge >= 0.3 is 0 Å². The lowest BCUT2D eigenvalue weighted by Crippen LogP contribution is -2.40. The highest BCUT2D eigenvalue weighted by molar-refractivity contribution is 5.94. The summed E-state index contributed by atoms with van der Waals surface area (Å²) >= 11 is 0. The van der Waals surface area contributed by atoms with Crippen molar-refractivity contribution in [2.45, 2.75) is 25.3 Å². The van der Waals surface area contributed by atoms with Crippen LogP contribution in [-0.4, -0.2) is 57.8 Å². The third-order valence-corrected chi connectivity index (χ3v) is 5.53. The molecule has 1 amide bonds. The number of carbonyl (C=O) groups excluding carboxylic acids is 1. The maximum atomic E-state index is 12.8. The second-order valence-electron chi connectivity index (χ2n) is 7.40. The van der Waals surface area contributed by atoms with Gasteiger partial charge in [-0.15, -0.1) is 5.10 Å². The minimum absolute atomic E-state index is 0.0891. The Hall–Kier alpha value is -3.26. The molecule has 156 valence electrons. The molecule has 0 spiro atoms. The zero-order chi connectivity index (χ0) is 20.8. The van der Waals surface area contributed by atoms with Crippen molar-refractivity contribution in [3.63, 3.8) is 0 Å². The molecule has 1 aliphatic rings. The van der Waals surface area contributed by atoms with Crippen molar-refractivity contribution in [1.29, 1.82) is 0 Å². The molecular weight excluding hydrogens is 380 g/mol. The third kappa shape index (κ3) is 4.65. The molecule has 1 aromatic heterocycles. The smallest absolute Gasteiger partial charge is 0.251 e. The SMILES string of the molecule is COc1ccc([C@H](CNC(=O)c2ccc(-n3cnnn3)cc2)N2CCCCC2)cc1. The molecule has 2 heterocycles. The van der Waals surface area contributed by atoms with Crippen LogP contribution < -0.4 is 10.1 Å². The summed E-state index contributed by atoms with van der Waals surface area (Å²) in [5.41, 5.74) is 2.60. The maximum Gasteiger partial charge on any atom is 0.251 e. The summed E-state index contributed by atoms with van der Waals surface area (Å²) in [4.78, 5) is 15.2. The number of nitrogens with one attached hydrogen (secondary N) is 1. The van der Waals surface area contributed by atoms with Crippen LogP contribution in [0.1, 0.15) is 41.2 Å². The van der Waals surface area contributed by atoms with Crippen LogP contribution in [0.25, 0.3) is 5.69 Å². The van der Waals surface area contributed by atoms with Crippen molar-refractivity contribution in [2.75, 3.05) is 26.7 Å². The number of nitrogens with zero attached hydrogens (tertiary/aromatic N) is 5. The fourth-order valence-electron chi connectivity index (χ4n) is 3.85. The summed E-state index contributed by atoms with van der Waals surface area (Å²) in [6.07, 6.45) is 5.18. The first kappa shape index (κ1) is 20.0. The third-order valence-electron chi connectivity index (χ3n) is 5.53. The maximum absolute atomic E-state index is 12.8. The number of ether oxygens (including phenoxy) is 1. The minimum Gasteiger partial charge on any atom is -0.497 e. The largest absolute Gasteiger partial charge is 0.497 e. The van der Waals surface area contributed by atoms with Gasteiger partial charge in [0.25, 0.3) is 5.91 Å². The molecule has 2 aromatic carbocycles. The molecule has 0 aliphatic carbocycles. The fourth-order valence-corrected chi connectivity index (χ4v) is 3.85. The van der Waals surface area contributed by atoms with Gasteiger partial charge in [-0.1, -0.05) is 18.6 Å². The van der Waals surface area contributed by atoms with E-state index in [1.54, 1.807) is 23.9 Å². The van der Waals surface area contributed by atoms with E-state index >= 15 is 0 Å². The second kappa shape index (κ2) is 9.49. The van der Waals surface area contributed by atoms with Gasteiger partial charge in [0.05, 0.1) is 18.8 Å². The highest BCUT2D eigenvalue weighted by Gasteiger charge is 2.23. The number of methoxy groups -OCH3 is 1. The molecular formula is C22H26N6O2. The quantitative estimate of drug-likeness (QED) is 0.649. The van der Waals surface area contributed by atoms with E-state index in [0.29, 0.717) is 12.1 Å². The molecule has 1 aliphatic heterocycles. The average Bonchev–Trinajstić information content (AvgIpc) is 3.35. The van der Waals surface area contributed by atoms with E-state index in [-0.39, 0.29) is 11.9 Å². The van der Waals surface area contributed by atoms with Gasteiger partial charge in [-0.05, 0) is 78.3 Å². The van der Waals surface area contributed by atoms with Crippen molar-refractivity contribution in [2.24, 2.45) is 0 Å². The van der Waals surface area contributed by atoms with E-state index in [0.717, 1.165) is 24.5 Å². The first-order valence-electron chi connectivity index (χ1n) is 10.2. The van der Waals surface area contributed by atoms with E-state index in [1.165, 1.54) is 31.2 Å². The number of amides is 1. The van der Waals surface area contributed by atoms with Crippen LogP contribution in [0.4, 0.5) is 0 Å². The number of tetrazole rings is 1. The van der Waals surface area contributed by atoms with E-state index in [4.69, 9.17) is 4.74 Å². The number of hydrogen-bond acceptors (Lipinski definition) is 6. The van der Waals surface area contributed by atoms with E-state index in [2.05, 4.69) is 37.9 Å². The normalized spacial score (nSPS) is 15.5. The predicted octanol–water partition coefficient (Wildman–Crippen LogP) is 2.63. The molecule has 1 saturated heterocycles. The first-order chi connectivity index (χ1) is 14.7. The summed E-state index contributed by atoms with van der Waals surface area (Å²) in [6, 6.07) is 15.5. The Bertz CT molecular complexity index is 935. The monoisotopic (exact) mass is 406 g/mol. The van der Waals surface area contributed by atoms with E-state index in [1.807, 2.05) is 24.3 Å². The first-order valence-corrected chi connectivity index (χ1v) is 10.2. The topological polar surface area (TPSA) is 85.2 Å². The molecule has 1 N–H and O–H groups in total. The summed E-state index contributed by atoms with van der Waals surface area (Å²) in [5.74, 6) is 0.747. The summed E-state index contributed by atoms with van der Waals surface area (Å²) < 4.78 is 6.84. The van der Waals surface area contributed by atoms with Crippen molar-refractivity contribution < 1.29 is 9.53 Å². The van der Waals surface area contributed by atoms with Gasteiger partial charge in [0.15, 0.2) is 0 Å². The van der Waals surface area contributed by atoms with Crippen LogP contribution >= 0.6 is 0 Å². The number of likely N-dealkylation sites (tertiary alicyclic amines) is 1. The Morgan fingerprint density at radius 1 is 1.07 bits per heavy atom. The lowest BCUT2D eigenvalue weighted by Gasteiger charge is -2.35. The predicted molar refractivity (Wildman–Crippen MR) is 113 cm³/mol. The molecule has 0 unspecified atom stereocenters. The van der Waals surface area contributed by atoms with Crippen LogP contribution in [-0.2, 0) is 0 Å². The van der Waals surface area contributed by atoms with Crippen molar-refractivity contribution in [3.05, 3.63) is 66.0 Å². The minimum atomic E-state index is -0.0891. The number of piperidine rings is 1. The molecule has 30 heavy (non-hydrogen) atoms. The lowest BCUT2D eigenvalue weighted by atomic mass is 10.0. The van der Waals surface area contributed by atoms with Crippen molar-refractivity contribution in [1.82, 2.24) is 30.4 Å². The average molecular weight is 406 g/mol. The highest BCUT2D eigenvalue weighted by Crippen LogP contribution is 2.26. The van der Waals surface area contributed by atoms with Gasteiger partial charge in [-0.3, -0.25) is 9.69 Å². The van der Waals surface area contributed by atoms with Crippen LogP contribution in [0.5, 0.6) is 5.75 Å². The second-order valence-corrected chi connectivity index (χ2v) is 7.40. The molecule has 8 heteroatoms. The summed E-state index contributed by atoms with van der Waals surface area (Å²) in [6.45, 7) is 2.65. The molecule has 3 aromatic rings. The number of rotatable bonds is 7. The van der Waals surface area contributed by atoms with Crippen molar-refractivity contribution >= 4 is 5.91 Å². The number of carbonyl (C=O) groups is 1. The zero-order valence-corrected chi connectivity index (χ0v) is 17.1. The van der Waals surface area contributed by atoms with E-state index in [9.17, 15) is 4.79 Å². The van der Waals surface area contributed by atoms with Gasteiger partial charge < -0.3 is 10.1 Å². The van der Waals surface area contributed by atoms with Gasteiger partial charge in [0.2, 0.25) is 0 Å². The lowest BCUT2D eigenvalue weighted by molar-refractivity contribution is 0.0924. The number of benzene rings is 2. The Labute approximate surface area is 175 Å². The molecule has 0 saturated carbocycles. The van der Waals surface area contributed by atoms with Gasteiger partial charge in [-0.2, -0.15) is 0 Å². The highest BCUT2D eigenvalue weighted by atomic mass is 16.5. The van der Waals surface area contributed by atoms with Gasteiger partial charge in [0.1, 0.15) is 12.1 Å². The number of aromatic nitrogens is 4. The van der Waals surface area contributed by atoms with Crippen LogP contribution in [0.2, 0.25) is 0 Å². The molecule has 1 fully saturated rings. The molecule has 0 bridgehead atoms. The molecule has 8 nitrogen and oxygen atoms in total.